The Balaban J connectivity index is 1.97. The van der Waals surface area contributed by atoms with Crippen LogP contribution in [-0.2, 0) is 4.79 Å². The molecule has 6 nitrogen and oxygen atoms in total. The number of carbonyl (C=O) groups excluding carboxylic acids is 2. The van der Waals surface area contributed by atoms with Crippen molar-refractivity contribution in [2.45, 2.75) is 19.9 Å². The minimum Gasteiger partial charge on any atom is -0.493 e. The van der Waals surface area contributed by atoms with Crippen molar-refractivity contribution in [3.05, 3.63) is 62.5 Å². The number of nitrogens with zero attached hydrogens (tertiary/aromatic N) is 1. The summed E-state index contributed by atoms with van der Waals surface area (Å²) in [5.41, 5.74) is 3.60. The smallest absolute Gasteiger partial charge is 0.262 e. The van der Waals surface area contributed by atoms with Crippen molar-refractivity contribution < 1.29 is 14.3 Å². The highest BCUT2D eigenvalue weighted by Gasteiger charge is 2.17. The maximum Gasteiger partial charge on any atom is 0.262 e. The molecule has 0 aliphatic carbocycles. The zero-order chi connectivity index (χ0) is 19.8. The number of hydrogen-bond donors (Lipinski definition) is 2. The minimum absolute atomic E-state index is 0.347. The predicted molar refractivity (Wildman–Crippen MR) is 112 cm³/mol. The van der Waals surface area contributed by atoms with Gasteiger partial charge in [0.05, 0.1) is 18.4 Å². The molecule has 0 aromatic heterocycles. The summed E-state index contributed by atoms with van der Waals surface area (Å²) in [6.45, 7) is 4.00. The van der Waals surface area contributed by atoms with E-state index >= 15 is 0 Å². The van der Waals surface area contributed by atoms with Gasteiger partial charge in [0.15, 0.2) is 0 Å². The summed E-state index contributed by atoms with van der Waals surface area (Å²) in [4.78, 5) is 24.4. The van der Waals surface area contributed by atoms with Crippen LogP contribution in [-0.4, -0.2) is 30.7 Å². The normalized spacial score (nSPS) is 11.9. The first-order valence-electron chi connectivity index (χ1n) is 8.23. The molecule has 2 amide bonds. The van der Waals surface area contributed by atoms with Crippen molar-refractivity contribution in [3.8, 4) is 5.75 Å². The SMILES string of the molecule is CCOc1ccc(Br)cc1C=NNC(=O)C(C)NC(=O)c1ccccc1Br. The van der Waals surface area contributed by atoms with Gasteiger partial charge in [-0.3, -0.25) is 9.59 Å². The van der Waals surface area contributed by atoms with Crippen LogP contribution in [0.25, 0.3) is 0 Å². The average Bonchev–Trinajstić information content (AvgIpc) is 2.64. The van der Waals surface area contributed by atoms with Gasteiger partial charge in [-0.1, -0.05) is 28.1 Å². The monoisotopic (exact) mass is 495 g/mol. The second-order valence-electron chi connectivity index (χ2n) is 5.52. The lowest BCUT2D eigenvalue weighted by molar-refractivity contribution is -0.122. The Bertz CT molecular complexity index is 856. The molecular formula is C19H19Br2N3O3. The number of halogens is 2. The zero-order valence-corrected chi connectivity index (χ0v) is 18.0. The molecule has 2 rings (SSSR count). The van der Waals surface area contributed by atoms with Crippen LogP contribution in [0, 0.1) is 0 Å². The molecule has 0 heterocycles. The first-order valence-corrected chi connectivity index (χ1v) is 9.81. The Kier molecular flexibility index (Phi) is 7.99. The van der Waals surface area contributed by atoms with E-state index in [1.165, 1.54) is 6.21 Å². The third-order valence-electron chi connectivity index (χ3n) is 3.51. The molecule has 0 saturated heterocycles. The van der Waals surface area contributed by atoms with Crippen molar-refractivity contribution in [2.75, 3.05) is 6.61 Å². The lowest BCUT2D eigenvalue weighted by atomic mass is 10.2. The molecule has 0 saturated carbocycles. The van der Waals surface area contributed by atoms with E-state index < -0.39 is 11.9 Å². The third kappa shape index (κ3) is 6.18. The van der Waals surface area contributed by atoms with Crippen molar-refractivity contribution >= 4 is 49.9 Å². The van der Waals surface area contributed by atoms with Gasteiger partial charge in [-0.05, 0) is 60.1 Å². The Morgan fingerprint density at radius 1 is 1.22 bits per heavy atom. The van der Waals surface area contributed by atoms with E-state index in [9.17, 15) is 9.59 Å². The van der Waals surface area contributed by atoms with Crippen LogP contribution in [0.1, 0.15) is 29.8 Å². The van der Waals surface area contributed by atoms with Gasteiger partial charge >= 0.3 is 0 Å². The molecule has 0 aliphatic heterocycles. The van der Waals surface area contributed by atoms with Crippen LogP contribution < -0.4 is 15.5 Å². The fraction of sp³-hybridized carbons (Fsp3) is 0.211. The maximum absolute atomic E-state index is 12.2. The average molecular weight is 497 g/mol. The lowest BCUT2D eigenvalue weighted by Crippen LogP contribution is -2.43. The van der Waals surface area contributed by atoms with E-state index in [1.807, 2.05) is 31.2 Å². The summed E-state index contributed by atoms with van der Waals surface area (Å²) in [6.07, 6.45) is 1.50. The number of amides is 2. The highest BCUT2D eigenvalue weighted by atomic mass is 79.9. The van der Waals surface area contributed by atoms with Crippen LogP contribution in [0.5, 0.6) is 5.75 Å². The van der Waals surface area contributed by atoms with E-state index in [4.69, 9.17) is 4.74 Å². The van der Waals surface area contributed by atoms with E-state index in [0.717, 1.165) is 10.0 Å². The van der Waals surface area contributed by atoms with Crippen LogP contribution >= 0.6 is 31.9 Å². The van der Waals surface area contributed by atoms with Crippen molar-refractivity contribution in [3.63, 3.8) is 0 Å². The summed E-state index contributed by atoms with van der Waals surface area (Å²) in [5, 5.41) is 6.60. The summed E-state index contributed by atoms with van der Waals surface area (Å²) < 4.78 is 7.05. The van der Waals surface area contributed by atoms with Crippen LogP contribution in [0.4, 0.5) is 0 Å². The highest BCUT2D eigenvalue weighted by Crippen LogP contribution is 2.21. The quantitative estimate of drug-likeness (QED) is 0.451. The van der Waals surface area contributed by atoms with Gasteiger partial charge in [-0.2, -0.15) is 5.10 Å². The Hall–Kier alpha value is -2.19. The van der Waals surface area contributed by atoms with Gasteiger partial charge in [-0.25, -0.2) is 5.43 Å². The molecule has 0 radical (unpaired) electrons. The number of carbonyl (C=O) groups is 2. The Labute approximate surface area is 174 Å². The molecule has 142 valence electrons. The van der Waals surface area contributed by atoms with Crippen molar-refractivity contribution in [1.82, 2.24) is 10.7 Å². The molecule has 0 spiro atoms. The number of rotatable bonds is 7. The first kappa shape index (κ1) is 21.1. The third-order valence-corrected chi connectivity index (χ3v) is 4.69. The Morgan fingerprint density at radius 2 is 1.96 bits per heavy atom. The Morgan fingerprint density at radius 3 is 2.67 bits per heavy atom. The van der Waals surface area contributed by atoms with E-state index in [1.54, 1.807) is 25.1 Å². The van der Waals surface area contributed by atoms with E-state index in [2.05, 4.69) is 47.7 Å². The fourth-order valence-electron chi connectivity index (χ4n) is 2.15. The summed E-state index contributed by atoms with van der Waals surface area (Å²) in [5.74, 6) is -0.117. The molecule has 0 fully saturated rings. The molecule has 2 N–H and O–H groups in total. The lowest BCUT2D eigenvalue weighted by Gasteiger charge is -2.13. The second kappa shape index (κ2) is 10.2. The molecule has 2 aromatic carbocycles. The van der Waals surface area contributed by atoms with Gasteiger partial charge in [0.2, 0.25) is 0 Å². The van der Waals surface area contributed by atoms with E-state index in [-0.39, 0.29) is 5.91 Å². The van der Waals surface area contributed by atoms with Gasteiger partial charge in [0.1, 0.15) is 11.8 Å². The summed E-state index contributed by atoms with van der Waals surface area (Å²) >= 11 is 6.71. The molecule has 0 aliphatic rings. The van der Waals surface area contributed by atoms with Gasteiger partial charge in [0, 0.05) is 14.5 Å². The summed E-state index contributed by atoms with van der Waals surface area (Å²) in [7, 11) is 0. The summed E-state index contributed by atoms with van der Waals surface area (Å²) in [6, 6.07) is 11.8. The van der Waals surface area contributed by atoms with Gasteiger partial charge < -0.3 is 10.1 Å². The molecule has 0 bridgehead atoms. The fourth-order valence-corrected chi connectivity index (χ4v) is 3.00. The van der Waals surface area contributed by atoms with Crippen LogP contribution in [0.15, 0.2) is 56.5 Å². The van der Waals surface area contributed by atoms with Crippen LogP contribution in [0.3, 0.4) is 0 Å². The molecule has 27 heavy (non-hydrogen) atoms. The number of hydrogen-bond acceptors (Lipinski definition) is 4. The zero-order valence-electron chi connectivity index (χ0n) is 14.8. The number of ether oxygens (including phenoxy) is 1. The van der Waals surface area contributed by atoms with Gasteiger partial charge in [-0.15, -0.1) is 0 Å². The predicted octanol–water partition coefficient (Wildman–Crippen LogP) is 3.88. The molecule has 8 heteroatoms. The molecular weight excluding hydrogens is 478 g/mol. The largest absolute Gasteiger partial charge is 0.493 e. The van der Waals surface area contributed by atoms with Crippen molar-refractivity contribution in [2.24, 2.45) is 5.10 Å². The molecule has 2 aromatic rings. The minimum atomic E-state index is -0.754. The number of benzene rings is 2. The number of nitrogens with one attached hydrogen (secondary N) is 2. The van der Waals surface area contributed by atoms with Crippen molar-refractivity contribution in [1.29, 1.82) is 0 Å². The van der Waals surface area contributed by atoms with Crippen LogP contribution in [0.2, 0.25) is 0 Å². The number of hydrazone groups is 1. The topological polar surface area (TPSA) is 79.8 Å². The molecule has 1 atom stereocenters. The second-order valence-corrected chi connectivity index (χ2v) is 7.29. The maximum atomic E-state index is 12.2. The first-order chi connectivity index (χ1) is 12.9. The standard InChI is InChI=1S/C19H19Br2N3O3/c1-3-27-17-9-8-14(20)10-13(17)11-22-24-18(25)12(2)23-19(26)15-6-4-5-7-16(15)21/h4-12H,3H2,1-2H3,(H,23,26)(H,24,25). The molecule has 1 unspecified atom stereocenters. The van der Waals surface area contributed by atoms with Gasteiger partial charge in [0.25, 0.3) is 11.8 Å². The van der Waals surface area contributed by atoms with E-state index in [0.29, 0.717) is 22.4 Å². The highest BCUT2D eigenvalue weighted by molar-refractivity contribution is 9.10.